The average molecular weight is 281 g/mol. The second-order valence-corrected chi connectivity index (χ2v) is 4.11. The van der Waals surface area contributed by atoms with E-state index in [0.29, 0.717) is 5.56 Å². The van der Waals surface area contributed by atoms with Crippen molar-refractivity contribution in [3.05, 3.63) is 52.3 Å². The lowest BCUT2D eigenvalue weighted by Crippen LogP contribution is -2.04. The molecule has 16 heavy (non-hydrogen) atoms. The Morgan fingerprint density at radius 3 is 3.06 bits per heavy atom. The lowest BCUT2D eigenvalue weighted by molar-refractivity contribution is 0.0472. The van der Waals surface area contributed by atoms with E-state index in [4.69, 9.17) is 4.74 Å². The number of hydrogen-bond donors (Lipinski definition) is 1. The summed E-state index contributed by atoms with van der Waals surface area (Å²) in [7, 11) is 0. The highest BCUT2D eigenvalue weighted by molar-refractivity contribution is 9.10. The molecule has 0 spiro atoms. The first-order valence-corrected chi connectivity index (χ1v) is 5.45. The van der Waals surface area contributed by atoms with Gasteiger partial charge in [-0.25, -0.2) is 4.79 Å². The molecule has 0 aliphatic heterocycles. The summed E-state index contributed by atoms with van der Waals surface area (Å²) in [5.41, 5.74) is 1.36. The number of aromatic nitrogens is 2. The summed E-state index contributed by atoms with van der Waals surface area (Å²) in [5, 5.41) is 6.42. The fourth-order valence-corrected chi connectivity index (χ4v) is 1.60. The lowest BCUT2D eigenvalue weighted by atomic mass is 10.2. The molecular weight excluding hydrogens is 272 g/mol. The Bertz CT molecular complexity index is 482. The van der Waals surface area contributed by atoms with Crippen LogP contribution in [0.25, 0.3) is 0 Å². The first-order valence-electron chi connectivity index (χ1n) is 4.66. The second-order valence-electron chi connectivity index (χ2n) is 3.19. The van der Waals surface area contributed by atoms with E-state index in [0.717, 1.165) is 10.0 Å². The molecule has 0 aliphatic rings. The van der Waals surface area contributed by atoms with Gasteiger partial charge in [-0.2, -0.15) is 5.10 Å². The summed E-state index contributed by atoms with van der Waals surface area (Å²) in [6, 6.07) is 7.07. The molecule has 1 aromatic carbocycles. The number of hydrogen-bond acceptors (Lipinski definition) is 3. The third-order valence-corrected chi connectivity index (χ3v) is 2.48. The van der Waals surface area contributed by atoms with E-state index in [-0.39, 0.29) is 12.6 Å². The highest BCUT2D eigenvalue weighted by Gasteiger charge is 2.07. The zero-order valence-electron chi connectivity index (χ0n) is 8.31. The Balaban J connectivity index is 1.98. The van der Waals surface area contributed by atoms with Gasteiger partial charge in [0.15, 0.2) is 0 Å². The molecule has 1 heterocycles. The number of carbonyl (C=O) groups excluding carboxylic acids is 1. The lowest BCUT2D eigenvalue weighted by Gasteiger charge is -2.03. The number of nitrogens with zero attached hydrogens (tertiary/aromatic N) is 1. The summed E-state index contributed by atoms with van der Waals surface area (Å²) in [6.07, 6.45) is 3.31. The maximum absolute atomic E-state index is 11.6. The molecule has 5 heteroatoms. The Kier molecular flexibility index (Phi) is 3.36. The van der Waals surface area contributed by atoms with Crippen LogP contribution in [0.2, 0.25) is 0 Å². The fourth-order valence-electron chi connectivity index (χ4n) is 1.20. The molecule has 2 rings (SSSR count). The molecule has 0 radical (unpaired) electrons. The Labute approximate surface area is 101 Å². The van der Waals surface area contributed by atoms with Crippen molar-refractivity contribution in [2.75, 3.05) is 0 Å². The number of ether oxygens (including phenoxy) is 1. The predicted molar refractivity (Wildman–Crippen MR) is 61.8 cm³/mol. The van der Waals surface area contributed by atoms with Crippen molar-refractivity contribution in [1.29, 1.82) is 0 Å². The van der Waals surface area contributed by atoms with Crippen molar-refractivity contribution in [3.8, 4) is 0 Å². The maximum atomic E-state index is 11.6. The monoisotopic (exact) mass is 280 g/mol. The molecule has 0 unspecified atom stereocenters. The number of aromatic amines is 1. The van der Waals surface area contributed by atoms with Crippen molar-refractivity contribution in [2.45, 2.75) is 6.61 Å². The van der Waals surface area contributed by atoms with Gasteiger partial charge in [-0.15, -0.1) is 0 Å². The summed E-state index contributed by atoms with van der Waals surface area (Å²) in [5.74, 6) is -0.345. The third-order valence-electron chi connectivity index (χ3n) is 1.99. The molecule has 82 valence electrons. The van der Waals surface area contributed by atoms with Crippen LogP contribution in [0.5, 0.6) is 0 Å². The molecule has 0 bridgehead atoms. The van der Waals surface area contributed by atoms with Crippen LogP contribution in [0, 0.1) is 0 Å². The Morgan fingerprint density at radius 1 is 1.50 bits per heavy atom. The fraction of sp³-hybridized carbons (Fsp3) is 0.0909. The van der Waals surface area contributed by atoms with E-state index in [1.165, 1.54) is 0 Å². The number of halogens is 1. The van der Waals surface area contributed by atoms with E-state index >= 15 is 0 Å². The van der Waals surface area contributed by atoms with Gasteiger partial charge >= 0.3 is 5.97 Å². The van der Waals surface area contributed by atoms with Crippen LogP contribution in [-0.2, 0) is 11.3 Å². The van der Waals surface area contributed by atoms with E-state index in [1.807, 2.05) is 6.07 Å². The van der Waals surface area contributed by atoms with Gasteiger partial charge in [0.05, 0.1) is 11.8 Å². The van der Waals surface area contributed by atoms with E-state index < -0.39 is 0 Å². The minimum atomic E-state index is -0.345. The smallest absolute Gasteiger partial charge is 0.338 e. The number of nitrogens with one attached hydrogen (secondary N) is 1. The summed E-state index contributed by atoms with van der Waals surface area (Å²) < 4.78 is 5.96. The zero-order chi connectivity index (χ0) is 11.4. The van der Waals surface area contributed by atoms with Gasteiger partial charge in [-0.3, -0.25) is 5.10 Å². The van der Waals surface area contributed by atoms with Crippen molar-refractivity contribution in [1.82, 2.24) is 10.2 Å². The van der Waals surface area contributed by atoms with Crippen LogP contribution in [0.4, 0.5) is 0 Å². The van der Waals surface area contributed by atoms with E-state index in [2.05, 4.69) is 26.1 Å². The van der Waals surface area contributed by atoms with Gasteiger partial charge < -0.3 is 4.74 Å². The number of rotatable bonds is 3. The number of carbonyl (C=O) groups is 1. The summed E-state index contributed by atoms with van der Waals surface area (Å²) in [4.78, 5) is 11.6. The van der Waals surface area contributed by atoms with Crippen LogP contribution in [0.15, 0.2) is 41.1 Å². The molecule has 1 N–H and O–H groups in total. The first-order chi connectivity index (χ1) is 7.75. The zero-order valence-corrected chi connectivity index (χ0v) is 9.90. The second kappa shape index (κ2) is 4.94. The largest absolute Gasteiger partial charge is 0.457 e. The molecule has 4 nitrogen and oxygen atoms in total. The van der Waals surface area contributed by atoms with Crippen LogP contribution in [-0.4, -0.2) is 16.2 Å². The summed E-state index contributed by atoms with van der Waals surface area (Å²) >= 11 is 3.30. The molecule has 0 fully saturated rings. The molecule has 1 aromatic heterocycles. The van der Waals surface area contributed by atoms with Crippen LogP contribution < -0.4 is 0 Å². The number of H-pyrrole nitrogens is 1. The van der Waals surface area contributed by atoms with Gasteiger partial charge in [-0.05, 0) is 18.2 Å². The van der Waals surface area contributed by atoms with Gasteiger partial charge in [0.2, 0.25) is 0 Å². The predicted octanol–water partition coefficient (Wildman–Crippen LogP) is 2.53. The summed E-state index contributed by atoms with van der Waals surface area (Å²) in [6.45, 7) is 0.224. The highest BCUT2D eigenvalue weighted by atomic mass is 79.9. The Hall–Kier alpha value is -1.62. The van der Waals surface area contributed by atoms with Gasteiger partial charge in [-0.1, -0.05) is 22.0 Å². The van der Waals surface area contributed by atoms with Gasteiger partial charge in [0, 0.05) is 16.2 Å². The average Bonchev–Trinajstić information content (AvgIpc) is 2.78. The molecule has 0 aliphatic carbocycles. The van der Waals surface area contributed by atoms with Crippen molar-refractivity contribution in [3.63, 3.8) is 0 Å². The quantitative estimate of drug-likeness (QED) is 0.879. The van der Waals surface area contributed by atoms with Gasteiger partial charge in [0.1, 0.15) is 6.61 Å². The number of esters is 1. The van der Waals surface area contributed by atoms with E-state index in [1.54, 1.807) is 30.6 Å². The molecule has 0 saturated carbocycles. The minimum absolute atomic E-state index is 0.224. The SMILES string of the molecule is O=C(OCc1cn[nH]c1)c1cccc(Br)c1. The minimum Gasteiger partial charge on any atom is -0.457 e. The molecular formula is C11H9BrN2O2. The van der Waals surface area contributed by atoms with E-state index in [9.17, 15) is 4.79 Å². The first kappa shape index (κ1) is 10.9. The van der Waals surface area contributed by atoms with Crippen molar-refractivity contribution in [2.24, 2.45) is 0 Å². The van der Waals surface area contributed by atoms with Crippen LogP contribution >= 0.6 is 15.9 Å². The standard InChI is InChI=1S/C11H9BrN2O2/c12-10-3-1-2-9(4-10)11(15)16-7-8-5-13-14-6-8/h1-6H,7H2,(H,13,14). The molecule has 0 saturated heterocycles. The third kappa shape index (κ3) is 2.70. The maximum Gasteiger partial charge on any atom is 0.338 e. The molecule has 0 atom stereocenters. The molecule has 2 aromatic rings. The Morgan fingerprint density at radius 2 is 2.38 bits per heavy atom. The van der Waals surface area contributed by atoms with Crippen LogP contribution in [0.1, 0.15) is 15.9 Å². The number of benzene rings is 1. The van der Waals surface area contributed by atoms with Gasteiger partial charge in [0.25, 0.3) is 0 Å². The van der Waals surface area contributed by atoms with Crippen molar-refractivity contribution < 1.29 is 9.53 Å². The van der Waals surface area contributed by atoms with Crippen molar-refractivity contribution >= 4 is 21.9 Å². The molecule has 0 amide bonds. The van der Waals surface area contributed by atoms with Crippen LogP contribution in [0.3, 0.4) is 0 Å². The normalized spacial score (nSPS) is 10.1. The topological polar surface area (TPSA) is 55.0 Å². The highest BCUT2D eigenvalue weighted by Crippen LogP contribution is 2.13.